The maximum absolute atomic E-state index is 12.4. The van der Waals surface area contributed by atoms with E-state index in [0.717, 1.165) is 5.39 Å². The predicted molar refractivity (Wildman–Crippen MR) is 115 cm³/mol. The standard InChI is InChI=1S/C22H19ClN2O5/c1-4-9-29-21-16(23)10-14(11-18(21)28-5-2)13-24-25-22(26)19-12-15-7-6-8-17(27-3)20(15)30-19/h1,6-8,10-13H,5,9H2,2-3H3,(H,25,26)/b24-13-. The average molecular weight is 427 g/mol. The normalized spacial score (nSPS) is 10.7. The van der Waals surface area contributed by atoms with E-state index in [4.69, 9.17) is 36.7 Å². The first kappa shape index (κ1) is 21.1. The largest absolute Gasteiger partial charge is 0.493 e. The van der Waals surface area contributed by atoms with Crippen LogP contribution in [0.2, 0.25) is 5.02 Å². The lowest BCUT2D eigenvalue weighted by Crippen LogP contribution is -2.16. The monoisotopic (exact) mass is 426 g/mol. The van der Waals surface area contributed by atoms with Crippen LogP contribution in [0.4, 0.5) is 0 Å². The van der Waals surface area contributed by atoms with Crippen LogP contribution in [0.3, 0.4) is 0 Å². The molecule has 0 unspecified atom stereocenters. The Balaban J connectivity index is 1.76. The molecule has 154 valence electrons. The van der Waals surface area contributed by atoms with Crippen molar-refractivity contribution in [3.05, 3.63) is 52.7 Å². The number of carbonyl (C=O) groups excluding carboxylic acids is 1. The van der Waals surface area contributed by atoms with E-state index >= 15 is 0 Å². The second-order valence-corrected chi connectivity index (χ2v) is 6.35. The summed E-state index contributed by atoms with van der Waals surface area (Å²) in [7, 11) is 1.53. The van der Waals surface area contributed by atoms with Crippen LogP contribution in [0.15, 0.2) is 45.9 Å². The molecule has 0 aliphatic heterocycles. The number of methoxy groups -OCH3 is 1. The molecule has 0 atom stereocenters. The van der Waals surface area contributed by atoms with Crippen molar-refractivity contribution in [2.75, 3.05) is 20.3 Å². The highest BCUT2D eigenvalue weighted by Gasteiger charge is 2.15. The Kier molecular flexibility index (Phi) is 6.83. The smallest absolute Gasteiger partial charge is 0.307 e. The van der Waals surface area contributed by atoms with Gasteiger partial charge in [-0.1, -0.05) is 29.7 Å². The molecule has 3 aromatic rings. The minimum atomic E-state index is -0.505. The van der Waals surface area contributed by atoms with Gasteiger partial charge >= 0.3 is 5.91 Å². The number of hydrazone groups is 1. The summed E-state index contributed by atoms with van der Waals surface area (Å²) in [5.41, 5.74) is 3.51. The number of terminal acetylenes is 1. The Hall–Kier alpha value is -3.63. The van der Waals surface area contributed by atoms with Gasteiger partial charge < -0.3 is 18.6 Å². The summed E-state index contributed by atoms with van der Waals surface area (Å²) in [4.78, 5) is 12.4. The Morgan fingerprint density at radius 3 is 2.87 bits per heavy atom. The fraction of sp³-hybridized carbons (Fsp3) is 0.182. The molecule has 30 heavy (non-hydrogen) atoms. The average Bonchev–Trinajstić information content (AvgIpc) is 3.18. The first-order chi connectivity index (χ1) is 14.6. The van der Waals surface area contributed by atoms with Gasteiger partial charge in [0.2, 0.25) is 0 Å². The number of amides is 1. The fourth-order valence-corrected chi connectivity index (χ4v) is 2.98. The van der Waals surface area contributed by atoms with E-state index in [-0.39, 0.29) is 12.4 Å². The Morgan fingerprint density at radius 1 is 1.30 bits per heavy atom. The van der Waals surface area contributed by atoms with Crippen molar-refractivity contribution in [3.63, 3.8) is 0 Å². The van der Waals surface area contributed by atoms with Crippen molar-refractivity contribution >= 4 is 34.7 Å². The topological polar surface area (TPSA) is 82.3 Å². The van der Waals surface area contributed by atoms with Crippen LogP contribution >= 0.6 is 11.6 Å². The molecule has 7 nitrogen and oxygen atoms in total. The van der Waals surface area contributed by atoms with Gasteiger partial charge in [-0.25, -0.2) is 5.43 Å². The molecule has 8 heteroatoms. The van der Waals surface area contributed by atoms with E-state index in [2.05, 4.69) is 16.4 Å². The number of rotatable bonds is 8. The van der Waals surface area contributed by atoms with Crippen LogP contribution in [0.25, 0.3) is 11.0 Å². The molecule has 1 aromatic heterocycles. The minimum absolute atomic E-state index is 0.0611. The molecule has 0 radical (unpaired) electrons. The molecule has 1 N–H and O–H groups in total. The number of nitrogens with one attached hydrogen (secondary N) is 1. The van der Waals surface area contributed by atoms with Gasteiger partial charge in [0.15, 0.2) is 28.6 Å². The summed E-state index contributed by atoms with van der Waals surface area (Å²) >= 11 is 6.27. The highest BCUT2D eigenvalue weighted by Crippen LogP contribution is 2.36. The SMILES string of the molecule is C#CCOc1c(Cl)cc(/C=N\NC(=O)c2cc3cccc(OC)c3o2)cc1OCC. The molecule has 0 fully saturated rings. The van der Waals surface area contributed by atoms with E-state index in [1.165, 1.54) is 13.3 Å². The van der Waals surface area contributed by atoms with Crippen LogP contribution in [-0.2, 0) is 0 Å². The zero-order valence-corrected chi connectivity index (χ0v) is 17.2. The summed E-state index contributed by atoms with van der Waals surface area (Å²) in [5, 5.41) is 5.02. The van der Waals surface area contributed by atoms with Gasteiger partial charge in [0, 0.05) is 5.39 Å². The molecule has 1 heterocycles. The van der Waals surface area contributed by atoms with Crippen LogP contribution < -0.4 is 19.6 Å². The van der Waals surface area contributed by atoms with Crippen LogP contribution in [0.5, 0.6) is 17.2 Å². The maximum atomic E-state index is 12.4. The van der Waals surface area contributed by atoms with Crippen LogP contribution in [-0.4, -0.2) is 32.4 Å². The van der Waals surface area contributed by atoms with Crippen molar-refractivity contribution in [1.82, 2.24) is 5.43 Å². The molecule has 0 saturated heterocycles. The van der Waals surface area contributed by atoms with E-state index in [0.29, 0.717) is 40.0 Å². The first-order valence-electron chi connectivity index (χ1n) is 9.00. The summed E-state index contributed by atoms with van der Waals surface area (Å²) in [6.45, 7) is 2.31. The molecular weight excluding hydrogens is 408 g/mol. The van der Waals surface area contributed by atoms with E-state index < -0.39 is 5.91 Å². The van der Waals surface area contributed by atoms with Gasteiger partial charge in [0.1, 0.15) is 6.61 Å². The second-order valence-electron chi connectivity index (χ2n) is 5.94. The third kappa shape index (κ3) is 4.67. The molecule has 2 aromatic carbocycles. The number of halogens is 1. The Bertz CT molecular complexity index is 1130. The van der Waals surface area contributed by atoms with Crippen molar-refractivity contribution in [2.24, 2.45) is 5.10 Å². The third-order valence-corrected chi connectivity index (χ3v) is 4.24. The van der Waals surface area contributed by atoms with Crippen molar-refractivity contribution in [3.8, 4) is 29.6 Å². The third-order valence-electron chi connectivity index (χ3n) is 3.96. The molecule has 0 spiro atoms. The molecule has 3 rings (SSSR count). The summed E-state index contributed by atoms with van der Waals surface area (Å²) < 4.78 is 21.8. The molecular formula is C22H19ClN2O5. The summed E-state index contributed by atoms with van der Waals surface area (Å²) in [5.74, 6) is 3.31. The molecule has 0 aliphatic carbocycles. The molecule has 1 amide bonds. The zero-order chi connectivity index (χ0) is 21.5. The number of hydrogen-bond donors (Lipinski definition) is 1. The van der Waals surface area contributed by atoms with Crippen LogP contribution in [0, 0.1) is 12.3 Å². The molecule has 0 aliphatic rings. The van der Waals surface area contributed by atoms with Gasteiger partial charge in [-0.05, 0) is 36.8 Å². The highest BCUT2D eigenvalue weighted by atomic mass is 35.5. The van der Waals surface area contributed by atoms with Crippen molar-refractivity contribution in [2.45, 2.75) is 6.92 Å². The number of ether oxygens (including phenoxy) is 3. The van der Waals surface area contributed by atoms with Gasteiger partial charge in [0.05, 0.1) is 25.0 Å². The minimum Gasteiger partial charge on any atom is -0.493 e. The predicted octanol–water partition coefficient (Wildman–Crippen LogP) is 4.27. The molecule has 0 saturated carbocycles. The van der Waals surface area contributed by atoms with Gasteiger partial charge in [0.25, 0.3) is 0 Å². The lowest BCUT2D eigenvalue weighted by Gasteiger charge is -2.12. The lowest BCUT2D eigenvalue weighted by atomic mass is 10.2. The number of furan rings is 1. The van der Waals surface area contributed by atoms with E-state index in [9.17, 15) is 4.79 Å². The Morgan fingerprint density at radius 2 is 2.13 bits per heavy atom. The number of hydrogen-bond acceptors (Lipinski definition) is 6. The first-order valence-corrected chi connectivity index (χ1v) is 9.37. The second kappa shape index (κ2) is 9.72. The van der Waals surface area contributed by atoms with Crippen molar-refractivity contribution in [1.29, 1.82) is 0 Å². The van der Waals surface area contributed by atoms with Gasteiger partial charge in [-0.3, -0.25) is 4.79 Å². The summed E-state index contributed by atoms with van der Waals surface area (Å²) in [6, 6.07) is 10.3. The van der Waals surface area contributed by atoms with Crippen molar-refractivity contribution < 1.29 is 23.4 Å². The summed E-state index contributed by atoms with van der Waals surface area (Å²) in [6.07, 6.45) is 6.66. The number of fused-ring (bicyclic) bond motifs is 1. The number of carbonyl (C=O) groups is 1. The lowest BCUT2D eigenvalue weighted by molar-refractivity contribution is 0.0929. The van der Waals surface area contributed by atoms with E-state index in [1.54, 1.807) is 24.3 Å². The van der Waals surface area contributed by atoms with E-state index in [1.807, 2.05) is 19.1 Å². The van der Waals surface area contributed by atoms with Gasteiger partial charge in [-0.2, -0.15) is 5.10 Å². The number of nitrogens with zero attached hydrogens (tertiary/aromatic N) is 1. The zero-order valence-electron chi connectivity index (χ0n) is 16.4. The number of para-hydroxylation sites is 1. The maximum Gasteiger partial charge on any atom is 0.307 e. The molecule has 0 bridgehead atoms. The quantitative estimate of drug-likeness (QED) is 0.330. The Labute approximate surface area is 178 Å². The number of benzene rings is 2. The van der Waals surface area contributed by atoms with Crippen LogP contribution in [0.1, 0.15) is 23.0 Å². The fourth-order valence-electron chi connectivity index (χ4n) is 2.71. The highest BCUT2D eigenvalue weighted by molar-refractivity contribution is 6.32. The van der Waals surface area contributed by atoms with Gasteiger partial charge in [-0.15, -0.1) is 6.42 Å².